The smallest absolute Gasteiger partial charge is 0.148 e. The van der Waals surface area contributed by atoms with Crippen molar-refractivity contribution in [1.29, 1.82) is 0 Å². The lowest BCUT2D eigenvalue weighted by Gasteiger charge is -2.35. The number of nitrogens with zero attached hydrogens (tertiary/aromatic N) is 3. The number of rotatable bonds is 2. The van der Waals surface area contributed by atoms with Gasteiger partial charge < -0.3 is 10.2 Å². The van der Waals surface area contributed by atoms with Gasteiger partial charge in [0, 0.05) is 18.6 Å². The van der Waals surface area contributed by atoms with Gasteiger partial charge in [0.15, 0.2) is 0 Å². The lowest BCUT2D eigenvalue weighted by molar-refractivity contribution is 0.190. The van der Waals surface area contributed by atoms with Gasteiger partial charge in [0.05, 0.1) is 5.69 Å². The molecule has 2 atom stereocenters. The highest BCUT2D eigenvalue weighted by atomic mass is 15.2. The van der Waals surface area contributed by atoms with E-state index < -0.39 is 0 Å². The third kappa shape index (κ3) is 2.70. The first-order valence-electron chi connectivity index (χ1n) is 5.92. The van der Waals surface area contributed by atoms with Crippen molar-refractivity contribution in [2.24, 2.45) is 0 Å². The fourth-order valence-corrected chi connectivity index (χ4v) is 2.11. The highest BCUT2D eigenvalue weighted by Gasteiger charge is 2.22. The van der Waals surface area contributed by atoms with Gasteiger partial charge in [0.1, 0.15) is 5.82 Å². The summed E-state index contributed by atoms with van der Waals surface area (Å²) in [6.45, 7) is 5.38. The van der Waals surface area contributed by atoms with Gasteiger partial charge in [-0.3, -0.25) is 0 Å². The van der Waals surface area contributed by atoms with E-state index in [0.717, 1.165) is 18.1 Å². The van der Waals surface area contributed by atoms with E-state index in [9.17, 15) is 0 Å². The number of aromatic nitrogens is 2. The van der Waals surface area contributed by atoms with Crippen LogP contribution in [0.5, 0.6) is 0 Å². The van der Waals surface area contributed by atoms with E-state index >= 15 is 0 Å². The molecule has 16 heavy (non-hydrogen) atoms. The number of likely N-dealkylation sites (tertiary alicyclic amines) is 1. The van der Waals surface area contributed by atoms with E-state index in [2.05, 4.69) is 34.4 Å². The number of hydrogen-bond acceptors (Lipinski definition) is 4. The lowest BCUT2D eigenvalue weighted by Crippen LogP contribution is -2.42. The zero-order valence-corrected chi connectivity index (χ0v) is 10.3. The Morgan fingerprint density at radius 2 is 2.19 bits per heavy atom. The average Bonchev–Trinajstić information content (AvgIpc) is 2.27. The largest absolute Gasteiger partial charge is 0.366 e. The highest BCUT2D eigenvalue weighted by molar-refractivity contribution is 5.34. The Bertz CT molecular complexity index is 335. The van der Waals surface area contributed by atoms with Gasteiger partial charge in [-0.05, 0) is 45.9 Å². The monoisotopic (exact) mass is 220 g/mol. The van der Waals surface area contributed by atoms with Crippen LogP contribution < -0.4 is 5.32 Å². The molecule has 2 heterocycles. The summed E-state index contributed by atoms with van der Waals surface area (Å²) in [5.74, 6) is 0.896. The second kappa shape index (κ2) is 4.78. The van der Waals surface area contributed by atoms with Gasteiger partial charge in [0.25, 0.3) is 0 Å². The molecule has 4 heteroatoms. The van der Waals surface area contributed by atoms with Crippen LogP contribution in [0.4, 0.5) is 5.82 Å². The second-order valence-corrected chi connectivity index (χ2v) is 4.76. The number of aryl methyl sites for hydroxylation is 1. The van der Waals surface area contributed by atoms with Crippen molar-refractivity contribution < 1.29 is 0 Å². The van der Waals surface area contributed by atoms with E-state index in [1.807, 2.05) is 19.1 Å². The average molecular weight is 220 g/mol. The summed E-state index contributed by atoms with van der Waals surface area (Å²) in [5.41, 5.74) is 0.960. The van der Waals surface area contributed by atoms with Crippen molar-refractivity contribution in [2.75, 3.05) is 18.9 Å². The van der Waals surface area contributed by atoms with Crippen molar-refractivity contribution >= 4 is 5.82 Å². The first-order chi connectivity index (χ1) is 7.65. The second-order valence-electron chi connectivity index (χ2n) is 4.76. The molecular weight excluding hydrogens is 200 g/mol. The lowest BCUT2D eigenvalue weighted by atomic mass is 9.99. The maximum atomic E-state index is 4.14. The SMILES string of the molecule is Cc1ccc(NC2CCN(C)C(C)C2)nn1. The standard InChI is InChI=1S/C12H20N4/c1-9-4-5-12(15-14-9)13-11-6-7-16(3)10(2)8-11/h4-5,10-11H,6-8H2,1-3H3,(H,13,15). The first kappa shape index (κ1) is 11.3. The summed E-state index contributed by atoms with van der Waals surface area (Å²) in [7, 11) is 2.19. The van der Waals surface area contributed by atoms with Crippen LogP contribution in [0.25, 0.3) is 0 Å². The molecule has 0 radical (unpaired) electrons. The van der Waals surface area contributed by atoms with E-state index in [1.165, 1.54) is 12.8 Å². The maximum Gasteiger partial charge on any atom is 0.148 e. The molecule has 1 aromatic rings. The molecule has 0 saturated carbocycles. The molecule has 1 fully saturated rings. The topological polar surface area (TPSA) is 41.0 Å². The highest BCUT2D eigenvalue weighted by Crippen LogP contribution is 2.18. The van der Waals surface area contributed by atoms with E-state index in [0.29, 0.717) is 12.1 Å². The van der Waals surface area contributed by atoms with Gasteiger partial charge in [0.2, 0.25) is 0 Å². The van der Waals surface area contributed by atoms with Gasteiger partial charge in [-0.2, -0.15) is 5.10 Å². The Hall–Kier alpha value is -1.16. The van der Waals surface area contributed by atoms with Crippen LogP contribution >= 0.6 is 0 Å². The molecule has 1 aromatic heterocycles. The zero-order valence-electron chi connectivity index (χ0n) is 10.3. The van der Waals surface area contributed by atoms with Crippen LogP contribution in [0, 0.1) is 6.92 Å². The Balaban J connectivity index is 1.93. The molecule has 1 saturated heterocycles. The summed E-state index contributed by atoms with van der Waals surface area (Å²) < 4.78 is 0. The van der Waals surface area contributed by atoms with E-state index in [-0.39, 0.29) is 0 Å². The van der Waals surface area contributed by atoms with Crippen LogP contribution in [0.2, 0.25) is 0 Å². The molecule has 1 aliphatic heterocycles. The number of nitrogens with one attached hydrogen (secondary N) is 1. The summed E-state index contributed by atoms with van der Waals surface area (Å²) in [6, 6.07) is 5.17. The first-order valence-corrected chi connectivity index (χ1v) is 5.92. The quantitative estimate of drug-likeness (QED) is 0.823. The predicted octanol–water partition coefficient (Wildman–Crippen LogP) is 1.68. The molecule has 0 aromatic carbocycles. The fraction of sp³-hybridized carbons (Fsp3) is 0.667. The summed E-state index contributed by atoms with van der Waals surface area (Å²) in [6.07, 6.45) is 2.35. The van der Waals surface area contributed by atoms with Gasteiger partial charge in [-0.15, -0.1) is 5.10 Å². The van der Waals surface area contributed by atoms with Crippen LogP contribution in [0.15, 0.2) is 12.1 Å². The molecule has 1 aliphatic rings. The summed E-state index contributed by atoms with van der Waals surface area (Å²) in [4.78, 5) is 2.40. The zero-order chi connectivity index (χ0) is 11.5. The minimum atomic E-state index is 0.531. The third-order valence-electron chi connectivity index (χ3n) is 3.36. The molecule has 0 amide bonds. The number of hydrogen-bond donors (Lipinski definition) is 1. The third-order valence-corrected chi connectivity index (χ3v) is 3.36. The molecule has 2 rings (SSSR count). The van der Waals surface area contributed by atoms with Gasteiger partial charge in [-0.25, -0.2) is 0 Å². The fourth-order valence-electron chi connectivity index (χ4n) is 2.11. The van der Waals surface area contributed by atoms with Crippen molar-refractivity contribution in [2.45, 2.75) is 38.8 Å². The Kier molecular flexibility index (Phi) is 3.39. The number of anilines is 1. The molecular formula is C12H20N4. The van der Waals surface area contributed by atoms with Crippen LogP contribution in [0.1, 0.15) is 25.5 Å². The molecule has 4 nitrogen and oxygen atoms in total. The summed E-state index contributed by atoms with van der Waals surface area (Å²) >= 11 is 0. The molecule has 1 N–H and O–H groups in total. The Morgan fingerprint density at radius 1 is 1.38 bits per heavy atom. The molecule has 0 aliphatic carbocycles. The number of piperidine rings is 1. The van der Waals surface area contributed by atoms with Crippen LogP contribution in [0.3, 0.4) is 0 Å². The van der Waals surface area contributed by atoms with E-state index in [1.54, 1.807) is 0 Å². The minimum absolute atomic E-state index is 0.531. The molecule has 2 unspecified atom stereocenters. The normalized spacial score (nSPS) is 26.7. The van der Waals surface area contributed by atoms with Gasteiger partial charge in [-0.1, -0.05) is 0 Å². The van der Waals surface area contributed by atoms with Crippen molar-refractivity contribution in [3.05, 3.63) is 17.8 Å². The predicted molar refractivity (Wildman–Crippen MR) is 65.5 cm³/mol. The molecule has 0 spiro atoms. The van der Waals surface area contributed by atoms with Gasteiger partial charge >= 0.3 is 0 Å². The Morgan fingerprint density at radius 3 is 2.81 bits per heavy atom. The van der Waals surface area contributed by atoms with Crippen molar-refractivity contribution in [1.82, 2.24) is 15.1 Å². The molecule has 88 valence electrons. The van der Waals surface area contributed by atoms with Crippen molar-refractivity contribution in [3.63, 3.8) is 0 Å². The minimum Gasteiger partial charge on any atom is -0.366 e. The Labute approximate surface area is 97.1 Å². The van der Waals surface area contributed by atoms with E-state index in [4.69, 9.17) is 0 Å². The van der Waals surface area contributed by atoms with Crippen LogP contribution in [-0.4, -0.2) is 40.8 Å². The van der Waals surface area contributed by atoms with Crippen molar-refractivity contribution in [3.8, 4) is 0 Å². The molecule has 0 bridgehead atoms. The maximum absolute atomic E-state index is 4.14. The van der Waals surface area contributed by atoms with Crippen LogP contribution in [-0.2, 0) is 0 Å². The summed E-state index contributed by atoms with van der Waals surface area (Å²) in [5, 5.41) is 11.7.